The van der Waals surface area contributed by atoms with Crippen LogP contribution in [-0.2, 0) is 9.47 Å². The Morgan fingerprint density at radius 3 is 1.60 bits per heavy atom. The molecule has 2 N–H and O–H groups in total. The molecule has 0 saturated carbocycles. The predicted octanol–water partition coefficient (Wildman–Crippen LogP) is 1.96. The Morgan fingerprint density at radius 1 is 0.800 bits per heavy atom. The van der Waals surface area contributed by atoms with Gasteiger partial charge in [0.2, 0.25) is 0 Å². The summed E-state index contributed by atoms with van der Waals surface area (Å²) in [5.74, 6) is 0. The van der Waals surface area contributed by atoms with Crippen molar-refractivity contribution >= 4 is 34.4 Å². The van der Waals surface area contributed by atoms with Gasteiger partial charge in [0.25, 0.3) is 0 Å². The van der Waals surface area contributed by atoms with Crippen molar-refractivity contribution in [2.75, 3.05) is 26.3 Å². The van der Waals surface area contributed by atoms with Gasteiger partial charge in [-0.05, 0) is 38.5 Å². The van der Waals surface area contributed by atoms with Gasteiger partial charge in [-0.3, -0.25) is 0 Å². The minimum absolute atomic E-state index is 0.270. The van der Waals surface area contributed by atoms with Crippen molar-refractivity contribution in [1.82, 2.24) is 10.6 Å². The zero-order chi connectivity index (χ0) is 14.2. The smallest absolute Gasteiger partial charge is 0.134 e. The van der Waals surface area contributed by atoms with Crippen LogP contribution in [0.1, 0.15) is 38.5 Å². The molecule has 2 atom stereocenters. The number of hydrogen-bond donors (Lipinski definition) is 2. The Labute approximate surface area is 132 Å². The van der Waals surface area contributed by atoms with Crippen LogP contribution in [-0.4, -0.2) is 48.5 Å². The highest BCUT2D eigenvalue weighted by molar-refractivity contribution is 7.89. The van der Waals surface area contributed by atoms with E-state index >= 15 is 0 Å². The molecule has 0 aliphatic carbocycles. The fourth-order valence-electron chi connectivity index (χ4n) is 2.51. The van der Waals surface area contributed by atoms with Crippen molar-refractivity contribution in [2.24, 2.45) is 0 Å². The van der Waals surface area contributed by atoms with Gasteiger partial charge in [0.1, 0.15) is 9.98 Å². The van der Waals surface area contributed by atoms with Crippen LogP contribution < -0.4 is 10.6 Å². The summed E-state index contributed by atoms with van der Waals surface area (Å²) in [4.78, 5) is 1.23. The van der Waals surface area contributed by atoms with E-state index in [0.717, 1.165) is 39.1 Å². The summed E-state index contributed by atoms with van der Waals surface area (Å²) in [5, 5.41) is 6.40. The van der Waals surface area contributed by atoms with E-state index in [1.165, 1.54) is 25.7 Å². The molecule has 2 unspecified atom stereocenters. The molecular formula is C14H24N2O2S2. The monoisotopic (exact) mass is 316 g/mol. The highest BCUT2D eigenvalue weighted by Crippen LogP contribution is 2.12. The molecule has 2 rings (SSSR count). The average molecular weight is 316 g/mol. The summed E-state index contributed by atoms with van der Waals surface area (Å²) in [6.07, 6.45) is 7.56. The van der Waals surface area contributed by atoms with Gasteiger partial charge < -0.3 is 20.1 Å². The summed E-state index contributed by atoms with van der Waals surface area (Å²) >= 11 is 10.6. The van der Waals surface area contributed by atoms with Crippen LogP contribution in [0.15, 0.2) is 0 Å². The zero-order valence-electron chi connectivity index (χ0n) is 11.9. The van der Waals surface area contributed by atoms with Crippen LogP contribution in [0.25, 0.3) is 0 Å². The van der Waals surface area contributed by atoms with E-state index in [1.54, 1.807) is 0 Å². The third kappa shape index (κ3) is 5.60. The lowest BCUT2D eigenvalue weighted by atomic mass is 10.1. The van der Waals surface area contributed by atoms with E-state index in [9.17, 15) is 0 Å². The van der Waals surface area contributed by atoms with Crippen molar-refractivity contribution in [2.45, 2.75) is 50.7 Å². The fourth-order valence-corrected chi connectivity index (χ4v) is 2.82. The molecule has 2 aliphatic rings. The Kier molecular flexibility index (Phi) is 7.13. The van der Waals surface area contributed by atoms with Gasteiger partial charge in [-0.25, -0.2) is 0 Å². The molecule has 0 amide bonds. The molecule has 2 aliphatic heterocycles. The first-order valence-corrected chi connectivity index (χ1v) is 8.36. The first kappa shape index (κ1) is 16.1. The molecule has 20 heavy (non-hydrogen) atoms. The third-order valence-electron chi connectivity index (χ3n) is 3.73. The van der Waals surface area contributed by atoms with Gasteiger partial charge in [0.15, 0.2) is 0 Å². The SMILES string of the molecule is S=C(NCC1CCCCO1)C(=S)NCC1CCCCO1. The molecule has 0 aromatic carbocycles. The van der Waals surface area contributed by atoms with Crippen molar-refractivity contribution in [1.29, 1.82) is 0 Å². The molecule has 0 aromatic heterocycles. The molecule has 0 bridgehead atoms. The van der Waals surface area contributed by atoms with Gasteiger partial charge in [-0.1, -0.05) is 24.4 Å². The van der Waals surface area contributed by atoms with E-state index in [0.29, 0.717) is 9.98 Å². The van der Waals surface area contributed by atoms with Crippen LogP contribution in [0.2, 0.25) is 0 Å². The summed E-state index contributed by atoms with van der Waals surface area (Å²) in [5.41, 5.74) is 0. The van der Waals surface area contributed by atoms with Crippen molar-refractivity contribution < 1.29 is 9.47 Å². The summed E-state index contributed by atoms with van der Waals surface area (Å²) in [7, 11) is 0. The third-order valence-corrected chi connectivity index (χ3v) is 4.56. The van der Waals surface area contributed by atoms with E-state index in [4.69, 9.17) is 33.9 Å². The van der Waals surface area contributed by atoms with Crippen LogP contribution >= 0.6 is 24.4 Å². The minimum atomic E-state index is 0.270. The van der Waals surface area contributed by atoms with E-state index in [1.807, 2.05) is 0 Å². The van der Waals surface area contributed by atoms with Gasteiger partial charge in [0, 0.05) is 26.3 Å². The van der Waals surface area contributed by atoms with Crippen molar-refractivity contribution in [3.63, 3.8) is 0 Å². The number of hydrogen-bond acceptors (Lipinski definition) is 4. The predicted molar refractivity (Wildman–Crippen MR) is 88.4 cm³/mol. The molecule has 114 valence electrons. The Hall–Kier alpha value is -0.300. The second kappa shape index (κ2) is 8.87. The molecular weight excluding hydrogens is 292 g/mol. The largest absolute Gasteiger partial charge is 0.376 e. The van der Waals surface area contributed by atoms with E-state index in [2.05, 4.69) is 10.6 Å². The average Bonchev–Trinajstić information content (AvgIpc) is 2.52. The molecule has 0 spiro atoms. The second-order valence-electron chi connectivity index (χ2n) is 5.40. The van der Waals surface area contributed by atoms with Gasteiger partial charge >= 0.3 is 0 Å². The lowest BCUT2D eigenvalue weighted by Crippen LogP contribution is -2.44. The van der Waals surface area contributed by atoms with Crippen LogP contribution in [0, 0.1) is 0 Å². The standard InChI is InChI=1S/C14H24N2O2S2/c19-13(15-9-11-5-1-3-7-17-11)14(20)16-10-12-6-2-4-8-18-12/h11-12H,1-10H2,(H,15,19)(H,16,20). The molecule has 0 aromatic rings. The molecule has 4 nitrogen and oxygen atoms in total. The number of thiocarbonyl (C=S) groups is 2. The Balaban J connectivity index is 1.59. The fraction of sp³-hybridized carbons (Fsp3) is 0.857. The molecule has 2 saturated heterocycles. The molecule has 2 fully saturated rings. The Morgan fingerprint density at radius 2 is 1.25 bits per heavy atom. The maximum absolute atomic E-state index is 5.66. The first-order valence-electron chi connectivity index (χ1n) is 7.55. The summed E-state index contributed by atoms with van der Waals surface area (Å²) in [6, 6.07) is 0. The maximum atomic E-state index is 5.66. The summed E-state index contributed by atoms with van der Waals surface area (Å²) in [6.45, 7) is 3.23. The topological polar surface area (TPSA) is 42.5 Å². The highest BCUT2D eigenvalue weighted by atomic mass is 32.1. The van der Waals surface area contributed by atoms with Gasteiger partial charge in [-0.15, -0.1) is 0 Å². The van der Waals surface area contributed by atoms with Crippen LogP contribution in [0.3, 0.4) is 0 Å². The molecule has 0 radical (unpaired) electrons. The van der Waals surface area contributed by atoms with E-state index in [-0.39, 0.29) is 12.2 Å². The van der Waals surface area contributed by atoms with Crippen LogP contribution in [0.5, 0.6) is 0 Å². The van der Waals surface area contributed by atoms with Gasteiger partial charge in [0.05, 0.1) is 12.2 Å². The highest BCUT2D eigenvalue weighted by Gasteiger charge is 2.16. The lowest BCUT2D eigenvalue weighted by molar-refractivity contribution is 0.0192. The molecule has 6 heteroatoms. The minimum Gasteiger partial charge on any atom is -0.376 e. The quantitative estimate of drug-likeness (QED) is 0.773. The number of rotatable bonds is 4. The Bertz CT molecular complexity index is 295. The zero-order valence-corrected chi connectivity index (χ0v) is 13.5. The second-order valence-corrected chi connectivity index (χ2v) is 6.21. The number of nitrogens with one attached hydrogen (secondary N) is 2. The normalized spacial score (nSPS) is 26.8. The summed E-state index contributed by atoms with van der Waals surface area (Å²) < 4.78 is 11.3. The van der Waals surface area contributed by atoms with Crippen LogP contribution in [0.4, 0.5) is 0 Å². The van der Waals surface area contributed by atoms with E-state index < -0.39 is 0 Å². The van der Waals surface area contributed by atoms with Gasteiger partial charge in [-0.2, -0.15) is 0 Å². The lowest BCUT2D eigenvalue weighted by Gasteiger charge is -2.25. The number of ether oxygens (including phenoxy) is 2. The maximum Gasteiger partial charge on any atom is 0.134 e. The van der Waals surface area contributed by atoms with Crippen molar-refractivity contribution in [3.8, 4) is 0 Å². The first-order chi connectivity index (χ1) is 9.75. The molecule has 2 heterocycles. The van der Waals surface area contributed by atoms with Crippen molar-refractivity contribution in [3.05, 3.63) is 0 Å².